The molecule has 0 aliphatic heterocycles. The highest BCUT2D eigenvalue weighted by molar-refractivity contribution is 7.10. The summed E-state index contributed by atoms with van der Waals surface area (Å²) in [5, 5.41) is 6.23. The minimum atomic E-state index is -0.204. The summed E-state index contributed by atoms with van der Waals surface area (Å²) >= 11 is 3.30. The van der Waals surface area contributed by atoms with Gasteiger partial charge in [0, 0.05) is 16.2 Å². The van der Waals surface area contributed by atoms with E-state index >= 15 is 0 Å². The highest BCUT2D eigenvalue weighted by atomic mass is 32.1. The van der Waals surface area contributed by atoms with Crippen LogP contribution in [-0.4, -0.2) is 9.97 Å². The first-order valence-corrected chi connectivity index (χ1v) is 8.21. The van der Waals surface area contributed by atoms with Gasteiger partial charge in [-0.3, -0.25) is 0 Å². The van der Waals surface area contributed by atoms with Gasteiger partial charge < -0.3 is 5.73 Å². The van der Waals surface area contributed by atoms with Crippen molar-refractivity contribution in [1.82, 2.24) is 9.97 Å². The molecule has 0 spiro atoms. The van der Waals surface area contributed by atoms with Crippen molar-refractivity contribution in [2.45, 2.75) is 52.0 Å². The Morgan fingerprint density at radius 2 is 1.68 bits per heavy atom. The van der Waals surface area contributed by atoms with Crippen molar-refractivity contribution in [3.8, 4) is 0 Å². The molecule has 5 heteroatoms. The molecule has 0 fully saturated rings. The summed E-state index contributed by atoms with van der Waals surface area (Å²) in [6.07, 6.45) is 0. The van der Waals surface area contributed by atoms with E-state index in [0.717, 1.165) is 21.4 Å². The second-order valence-electron chi connectivity index (χ2n) is 6.07. The number of rotatable bonds is 3. The summed E-state index contributed by atoms with van der Waals surface area (Å²) in [4.78, 5) is 9.29. The number of thiazole rings is 2. The fourth-order valence-corrected chi connectivity index (χ4v) is 3.54. The third-order valence-electron chi connectivity index (χ3n) is 2.88. The van der Waals surface area contributed by atoms with Crippen molar-refractivity contribution in [3.63, 3.8) is 0 Å². The van der Waals surface area contributed by atoms with Crippen LogP contribution in [0.15, 0.2) is 10.8 Å². The quantitative estimate of drug-likeness (QED) is 0.928. The van der Waals surface area contributed by atoms with E-state index in [1.54, 1.807) is 22.7 Å². The van der Waals surface area contributed by atoms with Crippen LogP contribution in [-0.2, 0) is 5.41 Å². The summed E-state index contributed by atoms with van der Waals surface area (Å²) in [6, 6.07) is -0.204. The summed E-state index contributed by atoms with van der Waals surface area (Å²) in [6.45, 7) is 10.8. The molecule has 0 radical (unpaired) electrons. The maximum Gasteiger partial charge on any atom is 0.116 e. The van der Waals surface area contributed by atoms with Gasteiger partial charge in [-0.25, -0.2) is 9.97 Å². The molecule has 1 unspecified atom stereocenters. The number of nitrogens with two attached hydrogens (primary N) is 1. The van der Waals surface area contributed by atoms with Crippen LogP contribution in [0.1, 0.15) is 68.0 Å². The summed E-state index contributed by atoms with van der Waals surface area (Å²) in [5.41, 5.74) is 8.40. The van der Waals surface area contributed by atoms with Gasteiger partial charge in [-0.1, -0.05) is 34.6 Å². The van der Waals surface area contributed by atoms with Gasteiger partial charge in [-0.2, -0.15) is 0 Å². The first-order chi connectivity index (χ1) is 8.79. The van der Waals surface area contributed by atoms with Gasteiger partial charge in [0.2, 0.25) is 0 Å². The molecule has 104 valence electrons. The van der Waals surface area contributed by atoms with E-state index in [2.05, 4.69) is 55.3 Å². The molecule has 0 saturated heterocycles. The molecule has 0 aromatic carbocycles. The highest BCUT2D eigenvalue weighted by Gasteiger charge is 2.22. The predicted octanol–water partition coefficient (Wildman–Crippen LogP) is 4.07. The van der Waals surface area contributed by atoms with Crippen LogP contribution in [0, 0.1) is 0 Å². The highest BCUT2D eigenvalue weighted by Crippen LogP contribution is 2.30. The SMILES string of the molecule is CC(C)c1csc(C(N)c2csc(C(C)(C)C)n2)n1. The van der Waals surface area contributed by atoms with E-state index in [1.165, 1.54) is 0 Å². The zero-order valence-corrected chi connectivity index (χ0v) is 13.7. The maximum absolute atomic E-state index is 6.28. The van der Waals surface area contributed by atoms with Gasteiger partial charge in [0.25, 0.3) is 0 Å². The maximum atomic E-state index is 6.28. The molecule has 0 bridgehead atoms. The molecule has 0 aliphatic carbocycles. The summed E-state index contributed by atoms with van der Waals surface area (Å²) in [5.74, 6) is 0.442. The Bertz CT molecular complexity index is 549. The minimum Gasteiger partial charge on any atom is -0.317 e. The molecule has 2 aromatic heterocycles. The first kappa shape index (κ1) is 14.6. The zero-order chi connectivity index (χ0) is 14.2. The van der Waals surface area contributed by atoms with E-state index in [1.807, 2.05) is 0 Å². The number of aromatic nitrogens is 2. The molecule has 0 aliphatic rings. The van der Waals surface area contributed by atoms with Crippen LogP contribution in [0.3, 0.4) is 0 Å². The Hall–Kier alpha value is -0.780. The number of nitrogens with zero attached hydrogens (tertiary/aromatic N) is 2. The van der Waals surface area contributed by atoms with E-state index in [9.17, 15) is 0 Å². The smallest absolute Gasteiger partial charge is 0.116 e. The van der Waals surface area contributed by atoms with Crippen molar-refractivity contribution in [2.24, 2.45) is 5.73 Å². The Balaban J connectivity index is 2.23. The number of hydrogen-bond donors (Lipinski definition) is 1. The van der Waals surface area contributed by atoms with Crippen molar-refractivity contribution < 1.29 is 0 Å². The van der Waals surface area contributed by atoms with Crippen molar-refractivity contribution in [3.05, 3.63) is 32.2 Å². The first-order valence-electron chi connectivity index (χ1n) is 6.46. The van der Waals surface area contributed by atoms with Gasteiger partial charge in [-0.05, 0) is 5.92 Å². The average molecular weight is 295 g/mol. The van der Waals surface area contributed by atoms with Gasteiger partial charge in [0.15, 0.2) is 0 Å². The van der Waals surface area contributed by atoms with Crippen LogP contribution >= 0.6 is 22.7 Å². The van der Waals surface area contributed by atoms with E-state index in [0.29, 0.717) is 5.92 Å². The molecule has 0 saturated carbocycles. The zero-order valence-electron chi connectivity index (χ0n) is 12.1. The normalized spacial score (nSPS) is 14.1. The minimum absolute atomic E-state index is 0.0780. The molecular weight excluding hydrogens is 274 g/mol. The molecular formula is C14H21N3S2. The van der Waals surface area contributed by atoms with Crippen molar-refractivity contribution >= 4 is 22.7 Å². The molecule has 2 aromatic rings. The Morgan fingerprint density at radius 1 is 1.05 bits per heavy atom. The average Bonchev–Trinajstić information content (AvgIpc) is 2.97. The van der Waals surface area contributed by atoms with Gasteiger partial charge in [0.1, 0.15) is 11.0 Å². The van der Waals surface area contributed by atoms with Gasteiger partial charge in [-0.15, -0.1) is 22.7 Å². The molecule has 1 atom stereocenters. The third-order valence-corrected chi connectivity index (χ3v) is 5.11. The lowest BCUT2D eigenvalue weighted by molar-refractivity contribution is 0.581. The molecule has 2 N–H and O–H groups in total. The molecule has 2 heterocycles. The lowest BCUT2D eigenvalue weighted by atomic mass is 9.98. The van der Waals surface area contributed by atoms with Gasteiger partial charge >= 0.3 is 0 Å². The lowest BCUT2D eigenvalue weighted by Gasteiger charge is -2.14. The van der Waals surface area contributed by atoms with Crippen LogP contribution < -0.4 is 5.73 Å². The summed E-state index contributed by atoms with van der Waals surface area (Å²) < 4.78 is 0. The Labute approximate surface area is 122 Å². The summed E-state index contributed by atoms with van der Waals surface area (Å²) in [7, 11) is 0. The fourth-order valence-electron chi connectivity index (χ4n) is 1.61. The lowest BCUT2D eigenvalue weighted by Crippen LogP contribution is -2.15. The van der Waals surface area contributed by atoms with Crippen molar-refractivity contribution in [2.75, 3.05) is 0 Å². The van der Waals surface area contributed by atoms with Crippen molar-refractivity contribution in [1.29, 1.82) is 0 Å². The predicted molar refractivity (Wildman–Crippen MR) is 83.0 cm³/mol. The van der Waals surface area contributed by atoms with E-state index in [-0.39, 0.29) is 11.5 Å². The second kappa shape index (κ2) is 5.31. The Kier molecular flexibility index (Phi) is 4.08. The molecule has 0 amide bonds. The molecule has 19 heavy (non-hydrogen) atoms. The topological polar surface area (TPSA) is 51.8 Å². The van der Waals surface area contributed by atoms with Crippen LogP contribution in [0.4, 0.5) is 0 Å². The van der Waals surface area contributed by atoms with Gasteiger partial charge in [0.05, 0.1) is 16.4 Å². The standard InChI is InChI=1S/C14H21N3S2/c1-8(2)9-6-18-12(16-9)11(15)10-7-19-13(17-10)14(3,4)5/h6-8,11H,15H2,1-5H3. The van der Waals surface area contributed by atoms with Crippen LogP contribution in [0.25, 0.3) is 0 Å². The molecule has 3 nitrogen and oxygen atoms in total. The number of hydrogen-bond acceptors (Lipinski definition) is 5. The largest absolute Gasteiger partial charge is 0.317 e. The van der Waals surface area contributed by atoms with Crippen LogP contribution in [0.2, 0.25) is 0 Å². The monoisotopic (exact) mass is 295 g/mol. The fraction of sp³-hybridized carbons (Fsp3) is 0.571. The second-order valence-corrected chi connectivity index (χ2v) is 7.82. The Morgan fingerprint density at radius 3 is 2.16 bits per heavy atom. The molecule has 2 rings (SSSR count). The van der Waals surface area contributed by atoms with E-state index < -0.39 is 0 Å². The van der Waals surface area contributed by atoms with Crippen LogP contribution in [0.5, 0.6) is 0 Å². The van der Waals surface area contributed by atoms with E-state index in [4.69, 9.17) is 5.73 Å². The third kappa shape index (κ3) is 3.22.